The van der Waals surface area contributed by atoms with Crippen molar-refractivity contribution in [3.8, 4) is 0 Å². The average molecular weight is 228 g/mol. The Bertz CT molecular complexity index is 211. The molecule has 0 aromatic rings. The second-order valence-electron chi connectivity index (χ2n) is 4.52. The zero-order chi connectivity index (χ0) is 10.5. The van der Waals surface area contributed by atoms with Crippen molar-refractivity contribution in [2.24, 2.45) is 11.8 Å². The molecule has 1 amide bonds. The molecule has 15 heavy (non-hydrogen) atoms. The van der Waals surface area contributed by atoms with E-state index in [0.29, 0.717) is 0 Å². The van der Waals surface area contributed by atoms with Gasteiger partial charge in [0.25, 0.3) is 0 Å². The molecule has 2 saturated heterocycles. The van der Waals surface area contributed by atoms with Gasteiger partial charge in [0, 0.05) is 13.1 Å². The van der Waals surface area contributed by atoms with E-state index < -0.39 is 0 Å². The molecule has 0 radical (unpaired) electrons. The Morgan fingerprint density at radius 2 is 2.40 bits per heavy atom. The van der Waals surface area contributed by atoms with Crippen LogP contribution >= 0.6 is 11.8 Å². The first-order chi connectivity index (χ1) is 7.36. The van der Waals surface area contributed by atoms with Gasteiger partial charge in [-0.3, -0.25) is 4.79 Å². The number of carbonyl (C=O) groups excluding carboxylic acids is 1. The molecule has 86 valence electrons. The topological polar surface area (TPSA) is 41.1 Å². The molecular weight excluding hydrogens is 208 g/mol. The minimum atomic E-state index is 0.216. The Labute approximate surface area is 95.8 Å². The number of rotatable bonds is 3. The SMILES string of the molecule is O=C(NCC1CCSC1)[C@H]1CCCNC1. The Balaban J connectivity index is 1.66. The van der Waals surface area contributed by atoms with Crippen LogP contribution in [0.2, 0.25) is 0 Å². The van der Waals surface area contributed by atoms with E-state index in [1.807, 2.05) is 11.8 Å². The third-order valence-electron chi connectivity index (χ3n) is 3.26. The van der Waals surface area contributed by atoms with Crippen molar-refractivity contribution in [1.82, 2.24) is 10.6 Å². The summed E-state index contributed by atoms with van der Waals surface area (Å²) in [5.41, 5.74) is 0. The van der Waals surface area contributed by atoms with Gasteiger partial charge in [0.2, 0.25) is 5.91 Å². The maximum absolute atomic E-state index is 11.8. The van der Waals surface area contributed by atoms with Gasteiger partial charge in [0.15, 0.2) is 0 Å². The molecule has 0 spiro atoms. The molecule has 0 aliphatic carbocycles. The highest BCUT2D eigenvalue weighted by Crippen LogP contribution is 2.22. The molecule has 3 nitrogen and oxygen atoms in total. The monoisotopic (exact) mass is 228 g/mol. The molecule has 2 aliphatic rings. The predicted molar refractivity (Wildman–Crippen MR) is 64.0 cm³/mol. The van der Waals surface area contributed by atoms with Gasteiger partial charge in [-0.05, 0) is 43.2 Å². The zero-order valence-corrected chi connectivity index (χ0v) is 9.94. The molecule has 4 heteroatoms. The Kier molecular flexibility index (Phi) is 4.32. The van der Waals surface area contributed by atoms with Crippen LogP contribution in [0.5, 0.6) is 0 Å². The Morgan fingerprint density at radius 1 is 1.47 bits per heavy atom. The minimum Gasteiger partial charge on any atom is -0.356 e. The summed E-state index contributed by atoms with van der Waals surface area (Å²) in [6.07, 6.45) is 3.46. The lowest BCUT2D eigenvalue weighted by molar-refractivity contribution is -0.125. The van der Waals surface area contributed by atoms with Gasteiger partial charge in [-0.2, -0.15) is 11.8 Å². The van der Waals surface area contributed by atoms with E-state index in [-0.39, 0.29) is 11.8 Å². The van der Waals surface area contributed by atoms with Gasteiger partial charge in [0.05, 0.1) is 5.92 Å². The van der Waals surface area contributed by atoms with Gasteiger partial charge in [-0.25, -0.2) is 0 Å². The summed E-state index contributed by atoms with van der Waals surface area (Å²) in [4.78, 5) is 11.8. The summed E-state index contributed by atoms with van der Waals surface area (Å²) in [5, 5.41) is 6.38. The predicted octanol–water partition coefficient (Wildman–Crippen LogP) is 0.855. The van der Waals surface area contributed by atoms with E-state index in [1.54, 1.807) is 0 Å². The lowest BCUT2D eigenvalue weighted by Gasteiger charge is -2.22. The average Bonchev–Trinajstić information content (AvgIpc) is 2.80. The Hall–Kier alpha value is -0.220. The summed E-state index contributed by atoms with van der Waals surface area (Å²) < 4.78 is 0. The van der Waals surface area contributed by atoms with Crippen LogP contribution in [0.4, 0.5) is 0 Å². The molecule has 1 unspecified atom stereocenters. The molecule has 0 aromatic heterocycles. The number of carbonyl (C=O) groups is 1. The quantitative estimate of drug-likeness (QED) is 0.752. The van der Waals surface area contributed by atoms with E-state index >= 15 is 0 Å². The molecule has 0 saturated carbocycles. The van der Waals surface area contributed by atoms with Crippen molar-refractivity contribution in [2.45, 2.75) is 19.3 Å². The summed E-state index contributed by atoms with van der Waals surface area (Å²) in [5.74, 6) is 3.69. The first-order valence-corrected chi connectivity index (χ1v) is 7.08. The van der Waals surface area contributed by atoms with Gasteiger partial charge in [-0.1, -0.05) is 0 Å². The van der Waals surface area contributed by atoms with Gasteiger partial charge in [-0.15, -0.1) is 0 Å². The standard InChI is InChI=1S/C11H20N2OS/c14-11(10-2-1-4-12-7-10)13-6-9-3-5-15-8-9/h9-10,12H,1-8H2,(H,13,14)/t9?,10-/m0/s1. The van der Waals surface area contributed by atoms with Crippen molar-refractivity contribution in [3.05, 3.63) is 0 Å². The third kappa shape index (κ3) is 3.38. The maximum atomic E-state index is 11.8. The number of hydrogen-bond acceptors (Lipinski definition) is 3. The largest absolute Gasteiger partial charge is 0.356 e. The fourth-order valence-electron chi connectivity index (χ4n) is 2.21. The highest BCUT2D eigenvalue weighted by molar-refractivity contribution is 7.99. The van der Waals surface area contributed by atoms with Crippen LogP contribution in [0.15, 0.2) is 0 Å². The molecule has 0 aromatic carbocycles. The van der Waals surface area contributed by atoms with Crippen LogP contribution in [0, 0.1) is 11.8 Å². The van der Waals surface area contributed by atoms with E-state index in [4.69, 9.17) is 0 Å². The highest BCUT2D eigenvalue weighted by Gasteiger charge is 2.22. The molecule has 2 rings (SSSR count). The number of nitrogens with one attached hydrogen (secondary N) is 2. The lowest BCUT2D eigenvalue weighted by Crippen LogP contribution is -2.41. The second-order valence-corrected chi connectivity index (χ2v) is 5.67. The van der Waals surface area contributed by atoms with Gasteiger partial charge in [0.1, 0.15) is 0 Å². The fourth-order valence-corrected chi connectivity index (χ4v) is 3.49. The molecule has 0 bridgehead atoms. The minimum absolute atomic E-state index is 0.216. The van der Waals surface area contributed by atoms with Crippen LogP contribution in [0.1, 0.15) is 19.3 Å². The molecule has 2 N–H and O–H groups in total. The van der Waals surface area contributed by atoms with Crippen molar-refractivity contribution in [3.63, 3.8) is 0 Å². The van der Waals surface area contributed by atoms with Gasteiger partial charge < -0.3 is 10.6 Å². The van der Waals surface area contributed by atoms with E-state index in [0.717, 1.165) is 38.4 Å². The number of hydrogen-bond donors (Lipinski definition) is 2. The van der Waals surface area contributed by atoms with Crippen LogP contribution in [-0.2, 0) is 4.79 Å². The number of amides is 1. The Morgan fingerprint density at radius 3 is 3.07 bits per heavy atom. The van der Waals surface area contributed by atoms with Crippen LogP contribution in [0.3, 0.4) is 0 Å². The molecule has 2 heterocycles. The van der Waals surface area contributed by atoms with Gasteiger partial charge >= 0.3 is 0 Å². The molecular formula is C11H20N2OS. The zero-order valence-electron chi connectivity index (χ0n) is 9.13. The van der Waals surface area contributed by atoms with Crippen LogP contribution in [-0.4, -0.2) is 37.0 Å². The van der Waals surface area contributed by atoms with Crippen molar-refractivity contribution < 1.29 is 4.79 Å². The highest BCUT2D eigenvalue weighted by atomic mass is 32.2. The summed E-state index contributed by atoms with van der Waals surface area (Å²) in [6.45, 7) is 2.83. The first-order valence-electron chi connectivity index (χ1n) is 5.92. The van der Waals surface area contributed by atoms with Crippen molar-refractivity contribution >= 4 is 17.7 Å². The number of piperidine rings is 1. The van der Waals surface area contributed by atoms with Crippen molar-refractivity contribution in [2.75, 3.05) is 31.1 Å². The van der Waals surface area contributed by atoms with Crippen LogP contribution in [0.25, 0.3) is 0 Å². The van der Waals surface area contributed by atoms with E-state index in [2.05, 4.69) is 10.6 Å². The van der Waals surface area contributed by atoms with E-state index in [1.165, 1.54) is 17.9 Å². The number of thioether (sulfide) groups is 1. The lowest BCUT2D eigenvalue weighted by atomic mass is 9.98. The normalized spacial score (nSPS) is 31.5. The maximum Gasteiger partial charge on any atom is 0.224 e. The summed E-state index contributed by atoms with van der Waals surface area (Å²) in [6, 6.07) is 0. The molecule has 2 atom stereocenters. The first kappa shape index (κ1) is 11.3. The molecule has 2 fully saturated rings. The van der Waals surface area contributed by atoms with E-state index in [9.17, 15) is 4.79 Å². The second kappa shape index (κ2) is 5.75. The third-order valence-corrected chi connectivity index (χ3v) is 4.49. The summed E-state index contributed by atoms with van der Waals surface area (Å²) >= 11 is 2.01. The van der Waals surface area contributed by atoms with Crippen LogP contribution < -0.4 is 10.6 Å². The smallest absolute Gasteiger partial charge is 0.224 e. The fraction of sp³-hybridized carbons (Fsp3) is 0.909. The molecule has 2 aliphatic heterocycles. The summed E-state index contributed by atoms with van der Waals surface area (Å²) in [7, 11) is 0. The van der Waals surface area contributed by atoms with Crippen molar-refractivity contribution in [1.29, 1.82) is 0 Å².